The average molecular weight is 196 g/mol. The van der Waals surface area contributed by atoms with Gasteiger partial charge in [-0.2, -0.15) is 0 Å². The Balaban J connectivity index is 2.61. The Morgan fingerprint density at radius 1 is 0.714 bits per heavy atom. The molecule has 0 radical (unpaired) electrons. The van der Waals surface area contributed by atoms with Gasteiger partial charge in [-0.05, 0) is 39.2 Å². The number of rotatable bonds is 0. The molecule has 0 N–H and O–H groups in total. The highest BCUT2D eigenvalue weighted by molar-refractivity contribution is 7.28. The van der Waals surface area contributed by atoms with E-state index in [9.17, 15) is 0 Å². The number of fused-ring (bicyclic) bond motifs is 3. The summed E-state index contributed by atoms with van der Waals surface area (Å²) >= 11 is 0. The minimum atomic E-state index is 1.29. The van der Waals surface area contributed by atoms with Gasteiger partial charge in [0, 0.05) is 0 Å². The summed E-state index contributed by atoms with van der Waals surface area (Å²) in [7, 11) is 1.29. The minimum absolute atomic E-state index is 1.29. The van der Waals surface area contributed by atoms with Gasteiger partial charge in [0.1, 0.15) is 0 Å². The first-order valence-electron chi connectivity index (χ1n) is 4.67. The third-order valence-corrected chi connectivity index (χ3v) is 3.28. The van der Waals surface area contributed by atoms with E-state index in [0.717, 1.165) is 0 Å². The van der Waals surface area contributed by atoms with Crippen molar-refractivity contribution in [2.75, 3.05) is 0 Å². The van der Waals surface area contributed by atoms with Crippen LogP contribution in [0.1, 0.15) is 0 Å². The van der Waals surface area contributed by atoms with Crippen molar-refractivity contribution in [2.24, 2.45) is 0 Å². The highest BCUT2D eigenvalue weighted by atomic mass is 31.0. The molecule has 3 rings (SSSR count). The second-order valence-electron chi connectivity index (χ2n) is 3.38. The second-order valence-corrected chi connectivity index (χ2v) is 4.24. The molecule has 0 fully saturated rings. The second kappa shape index (κ2) is 3.08. The minimum Gasteiger partial charge on any atom is -0.0758 e. The van der Waals surface area contributed by atoms with Crippen molar-refractivity contribution in [1.29, 1.82) is 0 Å². The molecule has 1 aromatic heterocycles. The molecular formula is C13H9P. The van der Waals surface area contributed by atoms with Gasteiger partial charge in [-0.3, -0.25) is 0 Å². The van der Waals surface area contributed by atoms with Crippen molar-refractivity contribution >= 4 is 29.7 Å². The normalized spacial score (nSPS) is 11.4. The van der Waals surface area contributed by atoms with Gasteiger partial charge < -0.3 is 0 Å². The van der Waals surface area contributed by atoms with Gasteiger partial charge in [-0.1, -0.05) is 44.6 Å². The average Bonchev–Trinajstić information content (AvgIpc) is 2.29. The summed E-state index contributed by atoms with van der Waals surface area (Å²) in [6, 6.07) is 15.1. The molecule has 0 aliphatic rings. The Morgan fingerprint density at radius 3 is 2.43 bits per heavy atom. The Kier molecular flexibility index (Phi) is 1.75. The monoisotopic (exact) mass is 196 g/mol. The standard InChI is InChI=1S/C13H9P/c1-2-4-12-10(3-1)5-6-11-7-8-14-9-13(11)12/h1-9H. The predicted octanol–water partition coefficient (Wildman–Crippen LogP) is 4.57. The zero-order valence-corrected chi connectivity index (χ0v) is 8.54. The lowest BCUT2D eigenvalue weighted by atomic mass is 10.1. The van der Waals surface area contributed by atoms with E-state index >= 15 is 0 Å². The molecule has 0 spiro atoms. The van der Waals surface area contributed by atoms with Gasteiger partial charge in [0.15, 0.2) is 0 Å². The fourth-order valence-corrected chi connectivity index (χ4v) is 2.61. The van der Waals surface area contributed by atoms with E-state index < -0.39 is 0 Å². The summed E-state index contributed by atoms with van der Waals surface area (Å²) in [6.45, 7) is 0. The number of benzene rings is 2. The van der Waals surface area contributed by atoms with Crippen LogP contribution in [0, 0.1) is 0 Å². The van der Waals surface area contributed by atoms with E-state index in [-0.39, 0.29) is 0 Å². The van der Waals surface area contributed by atoms with E-state index in [4.69, 9.17) is 0 Å². The van der Waals surface area contributed by atoms with Gasteiger partial charge in [-0.25, -0.2) is 0 Å². The maximum absolute atomic E-state index is 2.28. The molecule has 14 heavy (non-hydrogen) atoms. The molecule has 0 nitrogen and oxygen atoms in total. The first-order chi connectivity index (χ1) is 6.95. The fraction of sp³-hybridized carbons (Fsp3) is 0. The van der Waals surface area contributed by atoms with E-state index in [1.54, 1.807) is 0 Å². The Morgan fingerprint density at radius 2 is 1.50 bits per heavy atom. The lowest BCUT2D eigenvalue weighted by Gasteiger charge is -2.01. The molecule has 1 heteroatoms. The van der Waals surface area contributed by atoms with Crippen LogP contribution in [0.25, 0.3) is 21.5 Å². The van der Waals surface area contributed by atoms with Crippen LogP contribution in [-0.2, 0) is 0 Å². The molecule has 3 aromatic rings. The molecule has 0 aliphatic heterocycles. The van der Waals surface area contributed by atoms with Crippen LogP contribution >= 0.6 is 8.19 Å². The molecule has 2 aromatic carbocycles. The van der Waals surface area contributed by atoms with Crippen LogP contribution in [0.2, 0.25) is 0 Å². The molecule has 0 saturated carbocycles. The Hall–Kier alpha value is -1.39. The maximum Gasteiger partial charge on any atom is -0.00597 e. The van der Waals surface area contributed by atoms with Crippen LogP contribution in [0.4, 0.5) is 0 Å². The lowest BCUT2D eigenvalue weighted by molar-refractivity contribution is 1.80. The Bertz CT molecular complexity index is 544. The zero-order chi connectivity index (χ0) is 9.38. The third kappa shape index (κ3) is 1.12. The van der Waals surface area contributed by atoms with Gasteiger partial charge in [0.2, 0.25) is 0 Å². The highest BCUT2D eigenvalue weighted by Gasteiger charge is 1.97. The van der Waals surface area contributed by atoms with E-state index in [2.05, 4.69) is 54.1 Å². The molecule has 66 valence electrons. The smallest absolute Gasteiger partial charge is 0.00597 e. The van der Waals surface area contributed by atoms with Gasteiger partial charge in [0.25, 0.3) is 0 Å². The van der Waals surface area contributed by atoms with Gasteiger partial charge >= 0.3 is 0 Å². The fourth-order valence-electron chi connectivity index (χ4n) is 1.84. The molecule has 1 heterocycles. The summed E-state index contributed by atoms with van der Waals surface area (Å²) in [6.07, 6.45) is 0. The molecule has 0 aliphatic carbocycles. The van der Waals surface area contributed by atoms with Gasteiger partial charge in [0.05, 0.1) is 0 Å². The van der Waals surface area contributed by atoms with E-state index in [1.807, 2.05) is 0 Å². The summed E-state index contributed by atoms with van der Waals surface area (Å²) in [5, 5.41) is 5.41. The van der Waals surface area contributed by atoms with Crippen molar-refractivity contribution in [2.45, 2.75) is 0 Å². The van der Waals surface area contributed by atoms with Crippen molar-refractivity contribution in [3.05, 3.63) is 54.1 Å². The summed E-state index contributed by atoms with van der Waals surface area (Å²) < 4.78 is 0. The SMILES string of the molecule is c1ccc2c(c1)ccc1ccpcc12. The van der Waals surface area contributed by atoms with E-state index in [1.165, 1.54) is 29.7 Å². The molecule has 0 bridgehead atoms. The summed E-state index contributed by atoms with van der Waals surface area (Å²) in [5.74, 6) is 4.45. The predicted molar refractivity (Wildman–Crippen MR) is 64.0 cm³/mol. The molecular weight excluding hydrogens is 187 g/mol. The lowest BCUT2D eigenvalue weighted by Crippen LogP contribution is -1.74. The van der Waals surface area contributed by atoms with Crippen LogP contribution in [0.15, 0.2) is 54.1 Å². The zero-order valence-electron chi connectivity index (χ0n) is 7.64. The van der Waals surface area contributed by atoms with Crippen molar-refractivity contribution < 1.29 is 0 Å². The summed E-state index contributed by atoms with van der Waals surface area (Å²) in [4.78, 5) is 0. The molecule has 0 unspecified atom stereocenters. The number of hydrogen-bond acceptors (Lipinski definition) is 0. The quantitative estimate of drug-likeness (QED) is 0.462. The van der Waals surface area contributed by atoms with Crippen molar-refractivity contribution in [1.82, 2.24) is 0 Å². The van der Waals surface area contributed by atoms with Gasteiger partial charge in [-0.15, -0.1) is 0 Å². The third-order valence-electron chi connectivity index (χ3n) is 2.55. The Labute approximate surface area is 84.3 Å². The first-order valence-corrected chi connectivity index (χ1v) is 5.70. The molecule has 0 atom stereocenters. The summed E-state index contributed by atoms with van der Waals surface area (Å²) in [5.41, 5.74) is 0. The van der Waals surface area contributed by atoms with Crippen LogP contribution < -0.4 is 0 Å². The maximum atomic E-state index is 2.28. The number of hydrogen-bond donors (Lipinski definition) is 0. The highest BCUT2D eigenvalue weighted by Crippen LogP contribution is 2.27. The topological polar surface area (TPSA) is 0 Å². The molecule has 0 amide bonds. The largest absolute Gasteiger partial charge is 0.0758 e. The van der Waals surface area contributed by atoms with Crippen molar-refractivity contribution in [3.8, 4) is 0 Å². The van der Waals surface area contributed by atoms with Crippen LogP contribution in [-0.4, -0.2) is 0 Å². The molecule has 0 saturated heterocycles. The van der Waals surface area contributed by atoms with Crippen LogP contribution in [0.5, 0.6) is 0 Å². The van der Waals surface area contributed by atoms with Crippen LogP contribution in [0.3, 0.4) is 0 Å². The van der Waals surface area contributed by atoms with E-state index in [0.29, 0.717) is 0 Å². The first kappa shape index (κ1) is 7.96. The van der Waals surface area contributed by atoms with Crippen molar-refractivity contribution in [3.63, 3.8) is 0 Å².